The first-order chi connectivity index (χ1) is 10.2. The van der Waals surface area contributed by atoms with Gasteiger partial charge in [-0.15, -0.1) is 0 Å². The Bertz CT molecular complexity index is 599. The van der Waals surface area contributed by atoms with E-state index in [1.165, 1.54) is 7.11 Å². The van der Waals surface area contributed by atoms with E-state index in [1.807, 2.05) is 30.3 Å². The minimum absolute atomic E-state index is 0.336. The number of methoxy groups -OCH3 is 1. The monoisotopic (exact) mass is 286 g/mol. The topological polar surface area (TPSA) is 58.9 Å². The van der Waals surface area contributed by atoms with Gasteiger partial charge in [-0.3, -0.25) is 0 Å². The SMILES string of the molecule is CCc1ccccc1OCc1ccc(OC)c(B(O)O)c1. The van der Waals surface area contributed by atoms with Crippen molar-refractivity contribution in [3.63, 3.8) is 0 Å². The highest BCUT2D eigenvalue weighted by Gasteiger charge is 2.17. The third kappa shape index (κ3) is 3.77. The number of para-hydroxylation sites is 1. The molecule has 5 heteroatoms. The minimum Gasteiger partial charge on any atom is -0.497 e. The van der Waals surface area contributed by atoms with Crippen LogP contribution in [0.4, 0.5) is 0 Å². The molecule has 21 heavy (non-hydrogen) atoms. The Balaban J connectivity index is 2.15. The van der Waals surface area contributed by atoms with Crippen LogP contribution in [0.15, 0.2) is 42.5 Å². The molecule has 0 aliphatic rings. The molecule has 0 heterocycles. The molecule has 0 fully saturated rings. The quantitative estimate of drug-likeness (QED) is 0.790. The van der Waals surface area contributed by atoms with Crippen LogP contribution in [0.1, 0.15) is 18.1 Å². The molecule has 0 bridgehead atoms. The van der Waals surface area contributed by atoms with Crippen LogP contribution < -0.4 is 14.9 Å². The summed E-state index contributed by atoms with van der Waals surface area (Å²) in [6.07, 6.45) is 0.902. The first-order valence-corrected chi connectivity index (χ1v) is 6.89. The third-order valence-electron chi connectivity index (χ3n) is 3.32. The van der Waals surface area contributed by atoms with E-state index in [9.17, 15) is 10.0 Å². The van der Waals surface area contributed by atoms with Gasteiger partial charge in [0.1, 0.15) is 18.1 Å². The van der Waals surface area contributed by atoms with Crippen molar-refractivity contribution in [2.75, 3.05) is 7.11 Å². The summed E-state index contributed by atoms with van der Waals surface area (Å²) >= 11 is 0. The zero-order chi connectivity index (χ0) is 15.2. The van der Waals surface area contributed by atoms with Crippen LogP contribution in [0.2, 0.25) is 0 Å². The zero-order valence-corrected chi connectivity index (χ0v) is 12.2. The lowest BCUT2D eigenvalue weighted by atomic mass is 9.79. The molecule has 0 saturated heterocycles. The van der Waals surface area contributed by atoms with Gasteiger partial charge >= 0.3 is 7.12 Å². The van der Waals surface area contributed by atoms with Crippen molar-refractivity contribution in [2.45, 2.75) is 20.0 Å². The van der Waals surface area contributed by atoms with Gasteiger partial charge in [-0.1, -0.05) is 37.3 Å². The van der Waals surface area contributed by atoms with Crippen molar-refractivity contribution in [3.8, 4) is 11.5 Å². The van der Waals surface area contributed by atoms with Crippen LogP contribution in [0.25, 0.3) is 0 Å². The fourth-order valence-corrected chi connectivity index (χ4v) is 2.17. The van der Waals surface area contributed by atoms with E-state index in [4.69, 9.17) is 9.47 Å². The van der Waals surface area contributed by atoms with E-state index in [0.29, 0.717) is 17.8 Å². The Morgan fingerprint density at radius 3 is 2.48 bits per heavy atom. The van der Waals surface area contributed by atoms with Crippen molar-refractivity contribution < 1.29 is 19.5 Å². The molecule has 0 aliphatic heterocycles. The number of hydrogen-bond acceptors (Lipinski definition) is 4. The van der Waals surface area contributed by atoms with Gasteiger partial charge in [0.05, 0.1) is 7.11 Å². The number of aryl methyl sites for hydroxylation is 1. The maximum Gasteiger partial charge on any atom is 0.492 e. The maximum absolute atomic E-state index is 9.36. The lowest BCUT2D eigenvalue weighted by Gasteiger charge is -2.13. The van der Waals surface area contributed by atoms with Gasteiger partial charge in [0.25, 0.3) is 0 Å². The predicted octanol–water partition coefficient (Wildman–Crippen LogP) is 1.52. The molecule has 0 amide bonds. The Hall–Kier alpha value is -1.98. The Morgan fingerprint density at radius 1 is 1.05 bits per heavy atom. The molecule has 110 valence electrons. The molecule has 0 atom stereocenters. The van der Waals surface area contributed by atoms with Gasteiger partial charge in [0.2, 0.25) is 0 Å². The average Bonchev–Trinajstić information content (AvgIpc) is 2.52. The second-order valence-electron chi connectivity index (χ2n) is 4.70. The fourth-order valence-electron chi connectivity index (χ4n) is 2.17. The van der Waals surface area contributed by atoms with Crippen LogP contribution in [0.3, 0.4) is 0 Å². The molecule has 0 aliphatic carbocycles. The molecule has 0 aromatic heterocycles. The molecule has 0 spiro atoms. The first kappa shape index (κ1) is 15.4. The summed E-state index contributed by atoms with van der Waals surface area (Å²) in [5.74, 6) is 1.30. The highest BCUT2D eigenvalue weighted by Crippen LogP contribution is 2.20. The van der Waals surface area contributed by atoms with Crippen molar-refractivity contribution in [1.29, 1.82) is 0 Å². The molecule has 2 rings (SSSR count). The molecule has 2 aromatic rings. The summed E-state index contributed by atoms with van der Waals surface area (Å²) in [5, 5.41) is 18.7. The van der Waals surface area contributed by atoms with Gasteiger partial charge in [-0.25, -0.2) is 0 Å². The first-order valence-electron chi connectivity index (χ1n) is 6.89. The van der Waals surface area contributed by atoms with Gasteiger partial charge in [-0.05, 0) is 29.7 Å². The van der Waals surface area contributed by atoms with Crippen LogP contribution in [0.5, 0.6) is 11.5 Å². The number of rotatable bonds is 6. The minimum atomic E-state index is -1.57. The van der Waals surface area contributed by atoms with Crippen molar-refractivity contribution in [3.05, 3.63) is 53.6 Å². The Kier molecular flexibility index (Phi) is 5.25. The number of benzene rings is 2. The lowest BCUT2D eigenvalue weighted by molar-refractivity contribution is 0.303. The third-order valence-corrected chi connectivity index (χ3v) is 3.32. The Morgan fingerprint density at radius 2 is 1.81 bits per heavy atom. The van der Waals surface area contributed by atoms with Gasteiger partial charge in [0, 0.05) is 5.46 Å². The van der Waals surface area contributed by atoms with Crippen molar-refractivity contribution in [2.24, 2.45) is 0 Å². The smallest absolute Gasteiger partial charge is 0.492 e. The van der Waals surface area contributed by atoms with E-state index in [2.05, 4.69) is 6.92 Å². The van der Waals surface area contributed by atoms with Crippen LogP contribution in [0, 0.1) is 0 Å². The average molecular weight is 286 g/mol. The molecule has 0 radical (unpaired) electrons. The Labute approximate surface area is 125 Å². The number of ether oxygens (including phenoxy) is 2. The highest BCUT2D eigenvalue weighted by atomic mass is 16.5. The molecule has 0 saturated carbocycles. The predicted molar refractivity (Wildman–Crippen MR) is 83.0 cm³/mol. The summed E-state index contributed by atoms with van der Waals surface area (Å²) in [6.45, 7) is 2.44. The van der Waals surface area contributed by atoms with Crippen LogP contribution in [-0.4, -0.2) is 24.3 Å². The molecule has 2 aromatic carbocycles. The normalized spacial score (nSPS) is 10.3. The van der Waals surface area contributed by atoms with E-state index in [0.717, 1.165) is 23.3 Å². The van der Waals surface area contributed by atoms with Gasteiger partial charge in [-0.2, -0.15) is 0 Å². The van der Waals surface area contributed by atoms with Crippen molar-refractivity contribution in [1.82, 2.24) is 0 Å². The molecule has 0 unspecified atom stereocenters. The molecular weight excluding hydrogens is 267 g/mol. The zero-order valence-electron chi connectivity index (χ0n) is 12.2. The fraction of sp³-hybridized carbons (Fsp3) is 0.250. The van der Waals surface area contributed by atoms with E-state index in [-0.39, 0.29) is 0 Å². The van der Waals surface area contributed by atoms with Gasteiger partial charge in [0.15, 0.2) is 0 Å². The lowest BCUT2D eigenvalue weighted by Crippen LogP contribution is -2.31. The molecule has 2 N–H and O–H groups in total. The second kappa shape index (κ2) is 7.15. The van der Waals surface area contributed by atoms with Gasteiger partial charge < -0.3 is 19.5 Å². The summed E-state index contributed by atoms with van der Waals surface area (Å²) in [4.78, 5) is 0. The largest absolute Gasteiger partial charge is 0.497 e. The highest BCUT2D eigenvalue weighted by molar-refractivity contribution is 6.59. The summed E-state index contributed by atoms with van der Waals surface area (Å²) < 4.78 is 10.9. The standard InChI is InChI=1S/C16H19BO4/c1-3-13-6-4-5-7-15(13)21-11-12-8-9-16(20-2)14(10-12)17(18)19/h4-10,18-19H,3,11H2,1-2H3. The summed E-state index contributed by atoms with van der Waals surface area (Å²) in [7, 11) is -0.0719. The van der Waals surface area contributed by atoms with E-state index in [1.54, 1.807) is 12.1 Å². The molecular formula is C16H19BO4. The van der Waals surface area contributed by atoms with Crippen molar-refractivity contribution >= 4 is 12.6 Å². The second-order valence-corrected chi connectivity index (χ2v) is 4.70. The van der Waals surface area contributed by atoms with E-state index < -0.39 is 7.12 Å². The maximum atomic E-state index is 9.36. The summed E-state index contributed by atoms with van der Waals surface area (Å²) in [5.41, 5.74) is 2.33. The molecule has 4 nitrogen and oxygen atoms in total. The number of hydrogen-bond donors (Lipinski definition) is 2. The van der Waals surface area contributed by atoms with Crippen LogP contribution in [-0.2, 0) is 13.0 Å². The van der Waals surface area contributed by atoms with E-state index >= 15 is 0 Å². The van der Waals surface area contributed by atoms with Crippen LogP contribution >= 0.6 is 0 Å². The summed E-state index contributed by atoms with van der Waals surface area (Å²) in [6, 6.07) is 13.1.